The summed E-state index contributed by atoms with van der Waals surface area (Å²) in [5.41, 5.74) is 5.43. The van der Waals surface area contributed by atoms with Crippen LogP contribution in [0.25, 0.3) is 0 Å². The SMILES string of the molecule is CC(C)CCCCCCC(N)S(=O)O. The first-order chi connectivity index (χ1) is 6.54. The monoisotopic (exact) mass is 221 g/mol. The van der Waals surface area contributed by atoms with Crippen LogP contribution in [-0.2, 0) is 11.1 Å². The number of unbranched alkanes of at least 4 members (excludes halogenated alkanes) is 3. The molecule has 0 aromatic carbocycles. The van der Waals surface area contributed by atoms with Crippen molar-refractivity contribution in [3.05, 3.63) is 0 Å². The molecule has 2 unspecified atom stereocenters. The Hall–Kier alpha value is 0.0700. The number of rotatable bonds is 8. The van der Waals surface area contributed by atoms with Crippen LogP contribution in [0, 0.1) is 5.92 Å². The van der Waals surface area contributed by atoms with Crippen molar-refractivity contribution in [1.82, 2.24) is 0 Å². The molecule has 0 aliphatic carbocycles. The van der Waals surface area contributed by atoms with E-state index in [0.29, 0.717) is 6.42 Å². The molecule has 3 N–H and O–H groups in total. The van der Waals surface area contributed by atoms with Crippen LogP contribution in [0.5, 0.6) is 0 Å². The maximum Gasteiger partial charge on any atom is 0.170 e. The summed E-state index contributed by atoms with van der Waals surface area (Å²) in [5, 5.41) is -0.555. The molecule has 86 valence electrons. The predicted octanol–water partition coefficient (Wildman–Crippen LogP) is 2.49. The summed E-state index contributed by atoms with van der Waals surface area (Å²) in [7, 11) is 0. The lowest BCUT2D eigenvalue weighted by Gasteiger charge is -2.07. The van der Waals surface area contributed by atoms with E-state index in [1.165, 1.54) is 19.3 Å². The fourth-order valence-corrected chi connectivity index (χ4v) is 1.72. The zero-order chi connectivity index (χ0) is 11.0. The van der Waals surface area contributed by atoms with Crippen molar-refractivity contribution >= 4 is 11.1 Å². The Balaban J connectivity index is 3.17. The van der Waals surface area contributed by atoms with Gasteiger partial charge in [0.05, 0.1) is 0 Å². The summed E-state index contributed by atoms with van der Waals surface area (Å²) in [6.45, 7) is 4.45. The molecule has 0 spiro atoms. The zero-order valence-electron chi connectivity index (χ0n) is 9.24. The first-order valence-corrected chi connectivity index (χ1v) is 6.56. The van der Waals surface area contributed by atoms with Crippen molar-refractivity contribution in [1.29, 1.82) is 0 Å². The quantitative estimate of drug-likeness (QED) is 0.489. The van der Waals surface area contributed by atoms with Gasteiger partial charge < -0.3 is 10.3 Å². The third-order valence-corrected chi connectivity index (χ3v) is 3.03. The topological polar surface area (TPSA) is 63.3 Å². The lowest BCUT2D eigenvalue weighted by molar-refractivity contribution is 0.504. The molecule has 0 aliphatic heterocycles. The molecule has 0 saturated carbocycles. The van der Waals surface area contributed by atoms with Crippen LogP contribution >= 0.6 is 0 Å². The van der Waals surface area contributed by atoms with E-state index in [1.54, 1.807) is 0 Å². The second-order valence-corrected chi connectivity index (χ2v) is 5.36. The van der Waals surface area contributed by atoms with Gasteiger partial charge in [-0.15, -0.1) is 0 Å². The van der Waals surface area contributed by atoms with Crippen LogP contribution in [0.3, 0.4) is 0 Å². The lowest BCUT2D eigenvalue weighted by Crippen LogP contribution is -2.24. The standard InChI is InChI=1S/C10H23NO2S/c1-9(2)7-5-3-4-6-8-10(11)14(12)13/h9-10H,3-8,11H2,1-2H3,(H,12,13). The molecule has 4 heteroatoms. The molecule has 0 bridgehead atoms. The lowest BCUT2D eigenvalue weighted by atomic mass is 10.0. The van der Waals surface area contributed by atoms with Crippen LogP contribution in [0.4, 0.5) is 0 Å². The van der Waals surface area contributed by atoms with E-state index in [0.717, 1.165) is 18.8 Å². The van der Waals surface area contributed by atoms with Crippen LogP contribution in [-0.4, -0.2) is 14.1 Å². The average Bonchev–Trinajstić information content (AvgIpc) is 2.09. The Morgan fingerprint density at radius 3 is 2.07 bits per heavy atom. The van der Waals surface area contributed by atoms with Gasteiger partial charge in [0.15, 0.2) is 11.1 Å². The van der Waals surface area contributed by atoms with Gasteiger partial charge in [-0.1, -0.05) is 46.0 Å². The smallest absolute Gasteiger partial charge is 0.170 e. The molecule has 0 saturated heterocycles. The first-order valence-electron chi connectivity index (χ1n) is 5.39. The molecular weight excluding hydrogens is 198 g/mol. The molecular formula is C10H23NO2S. The van der Waals surface area contributed by atoms with Gasteiger partial charge in [-0.25, -0.2) is 4.21 Å². The fourth-order valence-electron chi connectivity index (χ4n) is 1.35. The van der Waals surface area contributed by atoms with E-state index >= 15 is 0 Å². The average molecular weight is 221 g/mol. The zero-order valence-corrected chi connectivity index (χ0v) is 10.1. The van der Waals surface area contributed by atoms with Gasteiger partial charge in [0, 0.05) is 0 Å². The number of hydrogen-bond acceptors (Lipinski definition) is 2. The summed E-state index contributed by atoms with van der Waals surface area (Å²) < 4.78 is 19.1. The highest BCUT2D eigenvalue weighted by Gasteiger charge is 2.07. The van der Waals surface area contributed by atoms with Gasteiger partial charge in [-0.3, -0.25) is 0 Å². The van der Waals surface area contributed by atoms with Crippen LogP contribution in [0.15, 0.2) is 0 Å². The van der Waals surface area contributed by atoms with E-state index < -0.39 is 16.5 Å². The van der Waals surface area contributed by atoms with E-state index in [2.05, 4.69) is 13.8 Å². The van der Waals surface area contributed by atoms with Crippen molar-refractivity contribution in [3.63, 3.8) is 0 Å². The Kier molecular flexibility index (Phi) is 8.43. The molecule has 0 aromatic heterocycles. The molecule has 0 aliphatic rings. The molecule has 0 heterocycles. The van der Waals surface area contributed by atoms with Gasteiger partial charge in [0.25, 0.3) is 0 Å². The summed E-state index contributed by atoms with van der Waals surface area (Å²) in [6, 6.07) is 0. The van der Waals surface area contributed by atoms with E-state index in [9.17, 15) is 4.21 Å². The highest BCUT2D eigenvalue weighted by Crippen LogP contribution is 2.11. The van der Waals surface area contributed by atoms with Gasteiger partial charge in [0.2, 0.25) is 0 Å². The Morgan fingerprint density at radius 2 is 1.64 bits per heavy atom. The van der Waals surface area contributed by atoms with Crippen molar-refractivity contribution in [2.24, 2.45) is 11.7 Å². The molecule has 0 fully saturated rings. The predicted molar refractivity (Wildman–Crippen MR) is 61.3 cm³/mol. The van der Waals surface area contributed by atoms with E-state index in [-0.39, 0.29) is 0 Å². The minimum Gasteiger partial charge on any atom is -0.315 e. The van der Waals surface area contributed by atoms with Gasteiger partial charge in [0.1, 0.15) is 5.37 Å². The molecule has 2 atom stereocenters. The second kappa shape index (κ2) is 8.38. The summed E-state index contributed by atoms with van der Waals surface area (Å²) in [6.07, 6.45) is 6.49. The highest BCUT2D eigenvalue weighted by molar-refractivity contribution is 7.79. The Labute approximate surface area is 89.7 Å². The van der Waals surface area contributed by atoms with Crippen LogP contribution < -0.4 is 5.73 Å². The van der Waals surface area contributed by atoms with Crippen molar-refractivity contribution < 1.29 is 8.76 Å². The minimum atomic E-state index is -1.85. The largest absolute Gasteiger partial charge is 0.315 e. The van der Waals surface area contributed by atoms with Crippen LogP contribution in [0.2, 0.25) is 0 Å². The van der Waals surface area contributed by atoms with Crippen molar-refractivity contribution in [3.8, 4) is 0 Å². The van der Waals surface area contributed by atoms with Crippen molar-refractivity contribution in [2.75, 3.05) is 0 Å². The molecule has 3 nitrogen and oxygen atoms in total. The molecule has 14 heavy (non-hydrogen) atoms. The van der Waals surface area contributed by atoms with Gasteiger partial charge >= 0.3 is 0 Å². The summed E-state index contributed by atoms with van der Waals surface area (Å²) in [5.74, 6) is 0.780. The molecule has 0 amide bonds. The second-order valence-electron chi connectivity index (χ2n) is 4.20. The summed E-state index contributed by atoms with van der Waals surface area (Å²) >= 11 is -1.85. The highest BCUT2D eigenvalue weighted by atomic mass is 32.2. The van der Waals surface area contributed by atoms with E-state index in [1.807, 2.05) is 0 Å². The fraction of sp³-hybridized carbons (Fsp3) is 1.00. The number of nitrogens with two attached hydrogens (primary N) is 1. The van der Waals surface area contributed by atoms with Gasteiger partial charge in [-0.2, -0.15) is 0 Å². The maximum absolute atomic E-state index is 10.5. The molecule has 0 radical (unpaired) electrons. The van der Waals surface area contributed by atoms with Crippen molar-refractivity contribution in [2.45, 2.75) is 57.7 Å². The van der Waals surface area contributed by atoms with E-state index in [4.69, 9.17) is 10.3 Å². The normalized spacial score (nSPS) is 15.8. The third kappa shape index (κ3) is 8.66. The number of hydrogen-bond donors (Lipinski definition) is 2. The van der Waals surface area contributed by atoms with Gasteiger partial charge in [-0.05, 0) is 12.3 Å². The minimum absolute atomic E-state index is 0.555. The van der Waals surface area contributed by atoms with Crippen LogP contribution in [0.1, 0.15) is 52.4 Å². The Morgan fingerprint density at radius 1 is 1.14 bits per heavy atom. The first kappa shape index (κ1) is 14.1. The summed E-state index contributed by atoms with van der Waals surface area (Å²) in [4.78, 5) is 0. The molecule has 0 rings (SSSR count). The third-order valence-electron chi connectivity index (χ3n) is 2.28. The maximum atomic E-state index is 10.5. The Bertz CT molecular complexity index is 162. The molecule has 0 aromatic rings.